The van der Waals surface area contributed by atoms with Crippen LogP contribution in [0.25, 0.3) is 6.08 Å². The molecule has 2 amide bonds. The van der Waals surface area contributed by atoms with Crippen LogP contribution in [0.5, 0.6) is 11.5 Å². The van der Waals surface area contributed by atoms with Crippen LogP contribution in [-0.4, -0.2) is 75.8 Å². The van der Waals surface area contributed by atoms with Crippen LogP contribution >= 0.6 is 0 Å². The summed E-state index contributed by atoms with van der Waals surface area (Å²) in [5.41, 5.74) is 2.15. The average molecular weight is 590 g/mol. The van der Waals surface area contributed by atoms with Crippen molar-refractivity contribution >= 4 is 74.0 Å². The van der Waals surface area contributed by atoms with Gasteiger partial charge in [0.25, 0.3) is 0 Å². The molecule has 0 atom stereocenters. The van der Waals surface area contributed by atoms with E-state index in [9.17, 15) is 9.59 Å². The Kier molecular flexibility index (Phi) is 5.11. The van der Waals surface area contributed by atoms with Gasteiger partial charge in [-0.1, -0.05) is 0 Å². The summed E-state index contributed by atoms with van der Waals surface area (Å²) in [6, 6.07) is 20.0. The summed E-state index contributed by atoms with van der Waals surface area (Å²) in [4.78, 5) is 30.7. The number of para-hydroxylation sites is 4. The fraction of sp³-hybridized carbons (Fsp3) is 0.0870. The number of rotatable bonds is 2. The first-order chi connectivity index (χ1) is 15.0. The Hall–Kier alpha value is -2.62. The van der Waals surface area contributed by atoms with Gasteiger partial charge < -0.3 is 0 Å². The molecular formula is C23H17N3O3SeTe. The first-order valence-corrected chi connectivity index (χ1v) is 12.4. The molecule has 0 saturated carbocycles. The van der Waals surface area contributed by atoms with Crippen LogP contribution in [0.1, 0.15) is 4.44 Å². The maximum absolute atomic E-state index is 12.7. The number of benzene rings is 2. The molecule has 0 aliphatic carbocycles. The van der Waals surface area contributed by atoms with Crippen LogP contribution < -0.4 is 9.64 Å². The molecule has 5 rings (SSSR count). The molecule has 3 heterocycles. The number of ether oxygens (including phenoxy) is 1. The molecule has 0 radical (unpaired) electrons. The summed E-state index contributed by atoms with van der Waals surface area (Å²) >= 11 is 1.60. The van der Waals surface area contributed by atoms with Gasteiger partial charge >= 0.3 is 199 Å². The summed E-state index contributed by atoms with van der Waals surface area (Å²) in [5.74, 6) is 1.07. The molecule has 31 heavy (non-hydrogen) atoms. The summed E-state index contributed by atoms with van der Waals surface area (Å²) in [6.45, 7) is 0. The number of nitrogens with zero attached hydrogens (tertiary/aromatic N) is 3. The van der Waals surface area contributed by atoms with Crippen molar-refractivity contribution in [2.24, 2.45) is 0 Å². The van der Waals surface area contributed by atoms with Crippen molar-refractivity contribution in [2.45, 2.75) is 0 Å². The van der Waals surface area contributed by atoms with E-state index < -0.39 is 0 Å². The first kappa shape index (κ1) is 20.3. The molecule has 1 saturated heterocycles. The van der Waals surface area contributed by atoms with E-state index in [-0.39, 0.29) is 31.9 Å². The Morgan fingerprint density at radius 3 is 1.97 bits per heavy atom. The third kappa shape index (κ3) is 3.37. The van der Waals surface area contributed by atoms with Gasteiger partial charge in [-0.2, -0.15) is 0 Å². The fourth-order valence-corrected chi connectivity index (χ4v) is 6.13. The minimum atomic E-state index is -0.268. The zero-order chi connectivity index (χ0) is 21.7. The first-order valence-electron chi connectivity index (χ1n) is 9.53. The molecule has 3 aromatic rings. The van der Waals surface area contributed by atoms with E-state index in [1.807, 2.05) is 54.6 Å². The molecule has 0 N–H and O–H groups in total. The van der Waals surface area contributed by atoms with Crippen LogP contribution in [0, 0.1) is 0 Å². The van der Waals surface area contributed by atoms with E-state index in [4.69, 9.17) is 4.74 Å². The van der Waals surface area contributed by atoms with Crippen LogP contribution in [0.2, 0.25) is 0 Å². The molecule has 1 fully saturated rings. The monoisotopic (exact) mass is 593 g/mol. The van der Waals surface area contributed by atoms with Gasteiger partial charge in [0, 0.05) is 0 Å². The molecule has 154 valence electrons. The van der Waals surface area contributed by atoms with E-state index in [1.54, 1.807) is 42.0 Å². The number of carbonyl (C=O) groups excluding carboxylic acids is 2. The second kappa shape index (κ2) is 7.81. The number of carbonyl (C=O) groups is 2. The SMILES string of the molecule is CN1C(=O)C(=Cc2ccc(N3c4ccccc4Oc4ccccc43)[se]2)C(=O)N(C)C1=[Te]. The molecule has 0 spiro atoms. The van der Waals surface area contributed by atoms with E-state index in [2.05, 4.69) is 11.0 Å². The summed E-state index contributed by atoms with van der Waals surface area (Å²) < 4.78 is 8.81. The Bertz CT molecular complexity index is 1210. The third-order valence-corrected chi connectivity index (χ3v) is 8.89. The van der Waals surface area contributed by atoms with Crippen molar-refractivity contribution in [1.29, 1.82) is 0 Å². The molecule has 8 heteroatoms. The molecule has 0 unspecified atom stereocenters. The number of anilines is 3. The predicted molar refractivity (Wildman–Crippen MR) is 122 cm³/mol. The normalized spacial score (nSPS) is 15.6. The molecular weight excluding hydrogens is 573 g/mol. The van der Waals surface area contributed by atoms with Crippen LogP contribution in [0.4, 0.5) is 15.9 Å². The Morgan fingerprint density at radius 1 is 0.839 bits per heavy atom. The second-order valence-corrected chi connectivity index (χ2v) is 10.5. The van der Waals surface area contributed by atoms with Gasteiger partial charge in [0.1, 0.15) is 0 Å². The number of hydrogen-bond donors (Lipinski definition) is 0. The van der Waals surface area contributed by atoms with Gasteiger partial charge in [-0.3, -0.25) is 0 Å². The van der Waals surface area contributed by atoms with Crippen molar-refractivity contribution in [3.8, 4) is 11.5 Å². The second-order valence-electron chi connectivity index (χ2n) is 7.12. The van der Waals surface area contributed by atoms with Crippen molar-refractivity contribution in [2.75, 3.05) is 19.0 Å². The summed E-state index contributed by atoms with van der Waals surface area (Å²) in [7, 11) is 3.38. The topological polar surface area (TPSA) is 53.1 Å². The standard InChI is InChI=1S/C23H17N3O3SeTe/c1-24-21(27)15(22(28)25(2)23(24)31)13-14-11-12-20(30-14)26-16-7-3-5-9-18(16)29-19-10-6-4-8-17(19)26/h3-13H,1-2H3. The van der Waals surface area contributed by atoms with Crippen LogP contribution in [0.15, 0.2) is 66.2 Å². The molecule has 2 aliphatic rings. The Labute approximate surface area is 198 Å². The van der Waals surface area contributed by atoms with Gasteiger partial charge in [0.05, 0.1) is 0 Å². The van der Waals surface area contributed by atoms with Crippen molar-refractivity contribution in [3.63, 3.8) is 0 Å². The predicted octanol–water partition coefficient (Wildman–Crippen LogP) is 2.89. The third-order valence-electron chi connectivity index (χ3n) is 5.20. The van der Waals surface area contributed by atoms with Gasteiger partial charge in [0.2, 0.25) is 0 Å². The summed E-state index contributed by atoms with van der Waals surface area (Å²) in [5, 5.41) is 0. The zero-order valence-electron chi connectivity index (χ0n) is 16.7. The van der Waals surface area contributed by atoms with Crippen molar-refractivity contribution in [3.05, 3.63) is 70.7 Å². The van der Waals surface area contributed by atoms with Crippen molar-refractivity contribution in [1.82, 2.24) is 9.80 Å². The van der Waals surface area contributed by atoms with Gasteiger partial charge in [-0.05, 0) is 0 Å². The van der Waals surface area contributed by atoms with E-state index in [1.165, 1.54) is 9.80 Å². The van der Waals surface area contributed by atoms with Gasteiger partial charge in [-0.25, -0.2) is 0 Å². The van der Waals surface area contributed by atoms with E-state index in [0.717, 1.165) is 31.9 Å². The number of likely N-dealkylation sites (N-methyl/N-ethyl adjacent to an activating group) is 2. The maximum atomic E-state index is 12.7. The van der Waals surface area contributed by atoms with Crippen LogP contribution in [0.3, 0.4) is 0 Å². The minimum absolute atomic E-state index is 0.0842. The van der Waals surface area contributed by atoms with E-state index >= 15 is 0 Å². The molecule has 6 nitrogen and oxygen atoms in total. The molecule has 2 aromatic carbocycles. The number of fused-ring (bicyclic) bond motifs is 2. The van der Waals surface area contributed by atoms with Crippen LogP contribution in [-0.2, 0) is 9.59 Å². The summed E-state index contributed by atoms with van der Waals surface area (Å²) in [6.07, 6.45) is 1.74. The Balaban J connectivity index is 1.57. The molecule has 2 aliphatic heterocycles. The molecule has 1 aromatic heterocycles. The zero-order valence-corrected chi connectivity index (χ0v) is 20.8. The van der Waals surface area contributed by atoms with Crippen molar-refractivity contribution < 1.29 is 14.3 Å². The fourth-order valence-electron chi connectivity index (χ4n) is 3.60. The number of hydrogen-bond acceptors (Lipinski definition) is 4. The quantitative estimate of drug-likeness (QED) is 0.205. The van der Waals surface area contributed by atoms with Gasteiger partial charge in [0.15, 0.2) is 0 Å². The Morgan fingerprint density at radius 2 is 1.39 bits per heavy atom. The van der Waals surface area contributed by atoms with E-state index in [0.29, 0.717) is 3.80 Å². The number of amides is 2. The average Bonchev–Trinajstić information content (AvgIpc) is 3.25. The van der Waals surface area contributed by atoms with Gasteiger partial charge in [-0.15, -0.1) is 0 Å². The molecule has 0 bridgehead atoms.